The normalized spacial score (nSPS) is 29.9. The number of rotatable bonds is 3. The summed E-state index contributed by atoms with van der Waals surface area (Å²) in [6.45, 7) is 3.77. The molecule has 4 nitrogen and oxygen atoms in total. The van der Waals surface area contributed by atoms with Gasteiger partial charge in [-0.25, -0.2) is 0 Å². The highest BCUT2D eigenvalue weighted by molar-refractivity contribution is 5.79. The summed E-state index contributed by atoms with van der Waals surface area (Å²) in [6.07, 6.45) is 4.47. The van der Waals surface area contributed by atoms with E-state index in [-0.39, 0.29) is 11.7 Å². The van der Waals surface area contributed by atoms with Crippen LogP contribution in [0.25, 0.3) is 10.9 Å². The molecule has 2 atom stereocenters. The van der Waals surface area contributed by atoms with Crippen molar-refractivity contribution < 1.29 is 9.47 Å². The molecule has 1 aromatic carbocycles. The van der Waals surface area contributed by atoms with Gasteiger partial charge in [0.05, 0.1) is 6.10 Å². The van der Waals surface area contributed by atoms with Crippen molar-refractivity contribution in [2.24, 2.45) is 0 Å². The maximum atomic E-state index is 6.06. The zero-order chi connectivity index (χ0) is 14.3. The molecule has 0 unspecified atom stereocenters. The lowest BCUT2D eigenvalue weighted by Crippen LogP contribution is -2.41. The number of fused-ring (bicyclic) bond motifs is 1. The third kappa shape index (κ3) is 2.27. The van der Waals surface area contributed by atoms with Crippen LogP contribution < -0.4 is 0 Å². The van der Waals surface area contributed by atoms with E-state index in [0.29, 0.717) is 0 Å². The zero-order valence-electron chi connectivity index (χ0n) is 12.5. The summed E-state index contributed by atoms with van der Waals surface area (Å²) in [6, 6.07) is 8.76. The lowest BCUT2D eigenvalue weighted by atomic mass is 9.96. The Kier molecular flexibility index (Phi) is 3.25. The predicted octanol–water partition coefficient (Wildman–Crippen LogP) is 2.55. The van der Waals surface area contributed by atoms with Crippen LogP contribution in [-0.4, -0.2) is 48.4 Å². The van der Waals surface area contributed by atoms with E-state index < -0.39 is 0 Å². The van der Waals surface area contributed by atoms with Gasteiger partial charge in [-0.1, -0.05) is 12.1 Å². The van der Waals surface area contributed by atoms with Crippen LogP contribution in [0, 0.1) is 0 Å². The molecule has 21 heavy (non-hydrogen) atoms. The van der Waals surface area contributed by atoms with Gasteiger partial charge in [0, 0.05) is 45.1 Å². The lowest BCUT2D eigenvalue weighted by molar-refractivity contribution is -0.0756. The van der Waals surface area contributed by atoms with Gasteiger partial charge in [0.1, 0.15) is 5.60 Å². The Morgan fingerprint density at radius 1 is 1.43 bits per heavy atom. The molecule has 0 bridgehead atoms. The smallest absolute Gasteiger partial charge is 0.108 e. The van der Waals surface area contributed by atoms with Crippen molar-refractivity contribution in [3.63, 3.8) is 0 Å². The van der Waals surface area contributed by atoms with Crippen molar-refractivity contribution in [2.45, 2.75) is 31.1 Å². The van der Waals surface area contributed by atoms with Crippen LogP contribution in [0.5, 0.6) is 0 Å². The minimum atomic E-state index is -0.0642. The Morgan fingerprint density at radius 2 is 2.38 bits per heavy atom. The SMILES string of the molecule is CO[C@H]1CN(Cc2ccc3cc[nH]c3c2)C[C@@]12CCCO2. The molecule has 0 aliphatic carbocycles. The molecule has 4 rings (SSSR count). The number of aromatic nitrogens is 1. The Balaban J connectivity index is 1.52. The Labute approximate surface area is 125 Å². The predicted molar refractivity (Wildman–Crippen MR) is 82.3 cm³/mol. The van der Waals surface area contributed by atoms with Gasteiger partial charge < -0.3 is 14.5 Å². The fourth-order valence-electron chi connectivity index (χ4n) is 3.90. The van der Waals surface area contributed by atoms with E-state index in [9.17, 15) is 0 Å². The zero-order valence-corrected chi connectivity index (χ0v) is 12.5. The van der Waals surface area contributed by atoms with E-state index in [1.54, 1.807) is 0 Å². The van der Waals surface area contributed by atoms with Crippen molar-refractivity contribution >= 4 is 10.9 Å². The van der Waals surface area contributed by atoms with Gasteiger partial charge in [-0.3, -0.25) is 4.90 Å². The Bertz CT molecular complexity index is 631. The number of aromatic amines is 1. The maximum Gasteiger partial charge on any atom is 0.108 e. The second-order valence-corrected chi connectivity index (χ2v) is 6.31. The van der Waals surface area contributed by atoms with Crippen LogP contribution >= 0.6 is 0 Å². The van der Waals surface area contributed by atoms with E-state index >= 15 is 0 Å². The molecule has 4 heteroatoms. The van der Waals surface area contributed by atoms with E-state index in [0.717, 1.165) is 39.1 Å². The molecule has 3 heterocycles. The monoisotopic (exact) mass is 286 g/mol. The van der Waals surface area contributed by atoms with Gasteiger partial charge in [-0.15, -0.1) is 0 Å². The molecule has 1 spiro atoms. The van der Waals surface area contributed by atoms with Crippen molar-refractivity contribution in [3.05, 3.63) is 36.0 Å². The van der Waals surface area contributed by atoms with Crippen molar-refractivity contribution in [2.75, 3.05) is 26.8 Å². The molecular formula is C17H22N2O2. The third-order valence-corrected chi connectivity index (χ3v) is 4.95. The molecule has 0 amide bonds. The molecule has 0 saturated carbocycles. The summed E-state index contributed by atoms with van der Waals surface area (Å²) >= 11 is 0. The summed E-state index contributed by atoms with van der Waals surface area (Å²) in [4.78, 5) is 5.75. The molecule has 1 N–H and O–H groups in total. The first-order valence-corrected chi connectivity index (χ1v) is 7.74. The molecule has 2 aromatic rings. The molecular weight excluding hydrogens is 264 g/mol. The number of likely N-dealkylation sites (tertiary alicyclic amines) is 1. The Hall–Kier alpha value is -1.36. The van der Waals surface area contributed by atoms with Crippen molar-refractivity contribution in [1.29, 1.82) is 0 Å². The average Bonchev–Trinajstić information content (AvgIpc) is 3.20. The highest BCUT2D eigenvalue weighted by atomic mass is 16.6. The van der Waals surface area contributed by atoms with Crippen LogP contribution in [0.4, 0.5) is 0 Å². The highest BCUT2D eigenvalue weighted by Gasteiger charge is 2.49. The van der Waals surface area contributed by atoms with Crippen LogP contribution in [0.15, 0.2) is 30.5 Å². The average molecular weight is 286 g/mol. The van der Waals surface area contributed by atoms with E-state index in [1.165, 1.54) is 16.5 Å². The summed E-state index contributed by atoms with van der Waals surface area (Å²) in [5, 5.41) is 1.27. The topological polar surface area (TPSA) is 37.5 Å². The number of benzene rings is 1. The van der Waals surface area contributed by atoms with Crippen molar-refractivity contribution in [3.8, 4) is 0 Å². The summed E-state index contributed by atoms with van der Waals surface area (Å²) in [5.41, 5.74) is 2.49. The fraction of sp³-hybridized carbons (Fsp3) is 0.529. The van der Waals surface area contributed by atoms with Gasteiger partial charge in [-0.2, -0.15) is 0 Å². The molecule has 0 radical (unpaired) electrons. The minimum Gasteiger partial charge on any atom is -0.377 e. The van der Waals surface area contributed by atoms with Gasteiger partial charge in [0.2, 0.25) is 0 Å². The minimum absolute atomic E-state index is 0.0642. The molecule has 2 saturated heterocycles. The maximum absolute atomic E-state index is 6.06. The van der Waals surface area contributed by atoms with Crippen LogP contribution in [-0.2, 0) is 16.0 Å². The molecule has 2 fully saturated rings. The van der Waals surface area contributed by atoms with Gasteiger partial charge in [-0.05, 0) is 35.9 Å². The summed E-state index contributed by atoms with van der Waals surface area (Å²) in [7, 11) is 1.81. The number of H-pyrrole nitrogens is 1. The first kappa shape index (κ1) is 13.3. The van der Waals surface area contributed by atoms with Crippen molar-refractivity contribution in [1.82, 2.24) is 9.88 Å². The largest absolute Gasteiger partial charge is 0.377 e. The van der Waals surface area contributed by atoms with Crippen LogP contribution in [0.1, 0.15) is 18.4 Å². The number of methoxy groups -OCH3 is 1. The quantitative estimate of drug-likeness (QED) is 0.942. The number of hydrogen-bond acceptors (Lipinski definition) is 3. The van der Waals surface area contributed by atoms with E-state index in [2.05, 4.69) is 34.1 Å². The van der Waals surface area contributed by atoms with Crippen LogP contribution in [0.3, 0.4) is 0 Å². The third-order valence-electron chi connectivity index (χ3n) is 4.95. The second kappa shape index (κ2) is 5.13. The van der Waals surface area contributed by atoms with Gasteiger partial charge in [0.25, 0.3) is 0 Å². The molecule has 2 aliphatic heterocycles. The number of nitrogens with one attached hydrogen (secondary N) is 1. The standard InChI is InChI=1S/C17H22N2O2/c1-20-16-11-19(12-17(16)6-2-8-21-17)10-13-3-4-14-5-7-18-15(14)9-13/h3-5,7,9,16,18H,2,6,8,10-12H2,1H3/t16-,17-/m0/s1. The highest BCUT2D eigenvalue weighted by Crippen LogP contribution is 2.37. The molecule has 112 valence electrons. The lowest BCUT2D eigenvalue weighted by Gasteiger charge is -2.28. The number of hydrogen-bond donors (Lipinski definition) is 1. The van der Waals surface area contributed by atoms with Gasteiger partial charge in [0.15, 0.2) is 0 Å². The van der Waals surface area contributed by atoms with E-state index in [4.69, 9.17) is 9.47 Å². The number of ether oxygens (including phenoxy) is 2. The molecule has 1 aromatic heterocycles. The molecule has 2 aliphatic rings. The second-order valence-electron chi connectivity index (χ2n) is 6.31. The van der Waals surface area contributed by atoms with E-state index in [1.807, 2.05) is 13.3 Å². The summed E-state index contributed by atoms with van der Waals surface area (Å²) < 4.78 is 11.8. The summed E-state index contributed by atoms with van der Waals surface area (Å²) in [5.74, 6) is 0. The first-order chi connectivity index (χ1) is 10.3. The fourth-order valence-corrected chi connectivity index (χ4v) is 3.90. The van der Waals surface area contributed by atoms with Crippen LogP contribution in [0.2, 0.25) is 0 Å². The number of nitrogens with zero attached hydrogens (tertiary/aromatic N) is 1. The Morgan fingerprint density at radius 3 is 3.19 bits per heavy atom. The first-order valence-electron chi connectivity index (χ1n) is 7.74. The van der Waals surface area contributed by atoms with Gasteiger partial charge >= 0.3 is 0 Å².